The van der Waals surface area contributed by atoms with E-state index in [2.05, 4.69) is 10.6 Å². The highest BCUT2D eigenvalue weighted by molar-refractivity contribution is 5.77. The Balaban J connectivity index is 2.54. The standard InChI is InChI=1S/C15H23FN2O3/c1-11(17-2)13-6-5-12(16)9-14(13)21-10-15(19)18-7-4-8-20-3/h5-6,9,11,17H,4,7-8,10H2,1-3H3,(H,18,19). The van der Waals surface area contributed by atoms with Crippen LogP contribution in [0.3, 0.4) is 0 Å². The fourth-order valence-electron chi connectivity index (χ4n) is 1.79. The Morgan fingerprint density at radius 2 is 2.19 bits per heavy atom. The molecule has 0 aliphatic rings. The maximum atomic E-state index is 13.3. The number of hydrogen-bond acceptors (Lipinski definition) is 4. The molecule has 1 rings (SSSR count). The number of benzene rings is 1. The van der Waals surface area contributed by atoms with Crippen molar-refractivity contribution in [3.05, 3.63) is 29.6 Å². The molecule has 0 bridgehead atoms. The first-order valence-electron chi connectivity index (χ1n) is 6.93. The Bertz CT molecular complexity index is 455. The molecule has 0 aliphatic carbocycles. The molecule has 1 unspecified atom stereocenters. The van der Waals surface area contributed by atoms with Crippen molar-refractivity contribution in [1.29, 1.82) is 0 Å². The van der Waals surface area contributed by atoms with Crippen LogP contribution in [0.2, 0.25) is 0 Å². The number of amides is 1. The lowest BCUT2D eigenvalue weighted by Crippen LogP contribution is -2.30. The lowest BCUT2D eigenvalue weighted by atomic mass is 10.1. The molecule has 21 heavy (non-hydrogen) atoms. The predicted octanol–water partition coefficient (Wildman–Crippen LogP) is 1.64. The molecule has 1 atom stereocenters. The van der Waals surface area contributed by atoms with Gasteiger partial charge in [-0.2, -0.15) is 0 Å². The molecular formula is C15H23FN2O3. The monoisotopic (exact) mass is 298 g/mol. The van der Waals surface area contributed by atoms with Gasteiger partial charge in [-0.15, -0.1) is 0 Å². The number of carbonyl (C=O) groups is 1. The smallest absolute Gasteiger partial charge is 0.257 e. The van der Waals surface area contributed by atoms with Crippen molar-refractivity contribution in [3.63, 3.8) is 0 Å². The van der Waals surface area contributed by atoms with Crippen molar-refractivity contribution in [2.24, 2.45) is 0 Å². The molecule has 1 amide bonds. The van der Waals surface area contributed by atoms with Gasteiger partial charge in [-0.05, 0) is 26.5 Å². The summed E-state index contributed by atoms with van der Waals surface area (Å²) in [7, 11) is 3.42. The summed E-state index contributed by atoms with van der Waals surface area (Å²) in [5.41, 5.74) is 0.811. The summed E-state index contributed by atoms with van der Waals surface area (Å²) in [5, 5.41) is 5.77. The summed E-state index contributed by atoms with van der Waals surface area (Å²) in [6, 6.07) is 4.33. The van der Waals surface area contributed by atoms with Crippen LogP contribution in [-0.2, 0) is 9.53 Å². The summed E-state index contributed by atoms with van der Waals surface area (Å²) < 4.78 is 23.6. The third-order valence-corrected chi connectivity index (χ3v) is 3.08. The molecular weight excluding hydrogens is 275 g/mol. The third kappa shape index (κ3) is 6.10. The van der Waals surface area contributed by atoms with Crippen LogP contribution in [0.1, 0.15) is 24.9 Å². The van der Waals surface area contributed by atoms with Crippen LogP contribution in [-0.4, -0.2) is 39.8 Å². The van der Waals surface area contributed by atoms with Gasteiger partial charge in [0.05, 0.1) is 0 Å². The Hall–Kier alpha value is -1.66. The highest BCUT2D eigenvalue weighted by Gasteiger charge is 2.12. The van der Waals surface area contributed by atoms with Crippen LogP contribution >= 0.6 is 0 Å². The van der Waals surface area contributed by atoms with Crippen molar-refractivity contribution >= 4 is 5.91 Å². The van der Waals surface area contributed by atoms with E-state index in [9.17, 15) is 9.18 Å². The lowest BCUT2D eigenvalue weighted by Gasteiger charge is -2.16. The topological polar surface area (TPSA) is 59.6 Å². The zero-order valence-electron chi connectivity index (χ0n) is 12.7. The summed E-state index contributed by atoms with van der Waals surface area (Å²) in [6.45, 7) is 2.92. The Morgan fingerprint density at radius 1 is 1.43 bits per heavy atom. The number of ether oxygens (including phenoxy) is 2. The molecule has 0 spiro atoms. The number of hydrogen-bond donors (Lipinski definition) is 2. The molecule has 1 aromatic rings. The molecule has 0 saturated heterocycles. The molecule has 0 saturated carbocycles. The number of nitrogens with one attached hydrogen (secondary N) is 2. The molecule has 0 aliphatic heterocycles. The molecule has 118 valence electrons. The van der Waals surface area contributed by atoms with Crippen molar-refractivity contribution in [2.75, 3.05) is 33.9 Å². The quantitative estimate of drug-likeness (QED) is 0.680. The molecule has 5 nitrogen and oxygen atoms in total. The molecule has 0 heterocycles. The van der Waals surface area contributed by atoms with E-state index in [1.54, 1.807) is 20.2 Å². The van der Waals surface area contributed by atoms with Crippen LogP contribution in [0.15, 0.2) is 18.2 Å². The van der Waals surface area contributed by atoms with E-state index in [1.165, 1.54) is 12.1 Å². The van der Waals surface area contributed by atoms with Crippen LogP contribution in [0.4, 0.5) is 4.39 Å². The van der Waals surface area contributed by atoms with Gasteiger partial charge in [0.15, 0.2) is 6.61 Å². The first-order valence-corrected chi connectivity index (χ1v) is 6.93. The average Bonchev–Trinajstić information content (AvgIpc) is 2.49. The molecule has 0 fully saturated rings. The zero-order valence-corrected chi connectivity index (χ0v) is 12.7. The lowest BCUT2D eigenvalue weighted by molar-refractivity contribution is -0.123. The van der Waals surface area contributed by atoms with E-state index in [0.717, 1.165) is 12.0 Å². The van der Waals surface area contributed by atoms with E-state index >= 15 is 0 Å². The molecule has 2 N–H and O–H groups in total. The van der Waals surface area contributed by atoms with E-state index in [1.807, 2.05) is 6.92 Å². The van der Waals surface area contributed by atoms with Gasteiger partial charge < -0.3 is 20.1 Å². The van der Waals surface area contributed by atoms with Gasteiger partial charge in [0.1, 0.15) is 11.6 Å². The Morgan fingerprint density at radius 3 is 2.86 bits per heavy atom. The summed E-state index contributed by atoms with van der Waals surface area (Å²) >= 11 is 0. The van der Waals surface area contributed by atoms with E-state index in [4.69, 9.17) is 9.47 Å². The number of halogens is 1. The molecule has 0 aromatic heterocycles. The van der Waals surface area contributed by atoms with Gasteiger partial charge in [0.2, 0.25) is 0 Å². The highest BCUT2D eigenvalue weighted by atomic mass is 19.1. The minimum absolute atomic E-state index is 0.00497. The van der Waals surface area contributed by atoms with E-state index in [0.29, 0.717) is 18.9 Å². The Kier molecular flexibility index (Phi) is 7.71. The van der Waals surface area contributed by atoms with Gasteiger partial charge in [-0.25, -0.2) is 4.39 Å². The highest BCUT2D eigenvalue weighted by Crippen LogP contribution is 2.25. The second kappa shape index (κ2) is 9.31. The van der Waals surface area contributed by atoms with Crippen LogP contribution < -0.4 is 15.4 Å². The van der Waals surface area contributed by atoms with E-state index < -0.39 is 5.82 Å². The molecule has 1 aromatic carbocycles. The number of carbonyl (C=O) groups excluding carboxylic acids is 1. The van der Waals surface area contributed by atoms with Gasteiger partial charge in [0.25, 0.3) is 5.91 Å². The van der Waals surface area contributed by atoms with Gasteiger partial charge in [-0.1, -0.05) is 6.07 Å². The van der Waals surface area contributed by atoms with Gasteiger partial charge in [-0.3, -0.25) is 4.79 Å². The minimum Gasteiger partial charge on any atom is -0.483 e. The summed E-state index contributed by atoms with van der Waals surface area (Å²) in [4.78, 5) is 11.6. The number of rotatable bonds is 9. The SMILES string of the molecule is CNC(C)c1ccc(F)cc1OCC(=O)NCCCOC. The maximum Gasteiger partial charge on any atom is 0.257 e. The zero-order chi connectivity index (χ0) is 15.7. The van der Waals surface area contributed by atoms with Crippen molar-refractivity contribution in [2.45, 2.75) is 19.4 Å². The van der Waals surface area contributed by atoms with Gasteiger partial charge in [0, 0.05) is 37.9 Å². The molecule has 6 heteroatoms. The van der Waals surface area contributed by atoms with E-state index in [-0.39, 0.29) is 18.6 Å². The Labute approximate surface area is 124 Å². The maximum absolute atomic E-state index is 13.3. The molecule has 0 radical (unpaired) electrons. The van der Waals surface area contributed by atoms with Crippen molar-refractivity contribution in [1.82, 2.24) is 10.6 Å². The van der Waals surface area contributed by atoms with Crippen LogP contribution in [0.5, 0.6) is 5.75 Å². The second-order valence-corrected chi connectivity index (χ2v) is 4.68. The predicted molar refractivity (Wildman–Crippen MR) is 78.9 cm³/mol. The van der Waals surface area contributed by atoms with Crippen LogP contribution in [0, 0.1) is 5.82 Å². The fraction of sp³-hybridized carbons (Fsp3) is 0.533. The summed E-state index contributed by atoms with van der Waals surface area (Å²) in [5.74, 6) is -0.250. The normalized spacial score (nSPS) is 12.0. The van der Waals surface area contributed by atoms with Crippen molar-refractivity contribution in [3.8, 4) is 5.75 Å². The first-order chi connectivity index (χ1) is 10.1. The largest absolute Gasteiger partial charge is 0.483 e. The fourth-order valence-corrected chi connectivity index (χ4v) is 1.79. The summed E-state index contributed by atoms with van der Waals surface area (Å²) in [6.07, 6.45) is 0.740. The average molecular weight is 298 g/mol. The number of methoxy groups -OCH3 is 1. The van der Waals surface area contributed by atoms with Gasteiger partial charge >= 0.3 is 0 Å². The minimum atomic E-state index is -0.391. The third-order valence-electron chi connectivity index (χ3n) is 3.08. The second-order valence-electron chi connectivity index (χ2n) is 4.68. The van der Waals surface area contributed by atoms with Crippen molar-refractivity contribution < 1.29 is 18.7 Å². The first kappa shape index (κ1) is 17.4. The van der Waals surface area contributed by atoms with Crippen LogP contribution in [0.25, 0.3) is 0 Å².